The van der Waals surface area contributed by atoms with E-state index in [1.54, 1.807) is 23.1 Å². The number of pyridine rings is 1. The third-order valence-corrected chi connectivity index (χ3v) is 5.74. The molecule has 5 rings (SSSR count). The highest BCUT2D eigenvalue weighted by Gasteiger charge is 2.33. The van der Waals surface area contributed by atoms with Gasteiger partial charge in [0.05, 0.1) is 24.7 Å². The summed E-state index contributed by atoms with van der Waals surface area (Å²) in [6.07, 6.45) is 0.662. The molecule has 33 heavy (non-hydrogen) atoms. The molecule has 0 amide bonds. The lowest BCUT2D eigenvalue weighted by Gasteiger charge is -2.23. The summed E-state index contributed by atoms with van der Waals surface area (Å²) in [5.41, 5.74) is 2.05. The molecule has 1 aliphatic heterocycles. The van der Waals surface area contributed by atoms with Gasteiger partial charge in [0.25, 0.3) is 0 Å². The second kappa shape index (κ2) is 8.02. The Kier molecular flexibility index (Phi) is 5.15. The van der Waals surface area contributed by atoms with E-state index in [1.807, 2.05) is 23.8 Å². The second-order valence-corrected chi connectivity index (χ2v) is 7.98. The average molecular weight is 454 g/mol. The minimum Gasteiger partial charge on any atom is -0.479 e. The van der Waals surface area contributed by atoms with Crippen molar-refractivity contribution in [2.75, 3.05) is 7.11 Å². The summed E-state index contributed by atoms with van der Waals surface area (Å²) in [7, 11) is 1.54. The average Bonchev–Trinajstić information content (AvgIpc) is 3.44. The van der Waals surface area contributed by atoms with Crippen LogP contribution in [0.15, 0.2) is 48.9 Å². The van der Waals surface area contributed by atoms with Gasteiger partial charge in [0.2, 0.25) is 5.88 Å². The summed E-state index contributed by atoms with van der Waals surface area (Å²) in [6, 6.07) is 9.10. The Labute approximate surface area is 187 Å². The van der Waals surface area contributed by atoms with Crippen LogP contribution in [0.2, 0.25) is 0 Å². The van der Waals surface area contributed by atoms with E-state index in [-0.39, 0.29) is 5.92 Å². The Hall–Kier alpha value is -3.69. The van der Waals surface area contributed by atoms with Crippen LogP contribution >= 0.6 is 0 Å². The van der Waals surface area contributed by atoms with Crippen molar-refractivity contribution in [3.63, 3.8) is 0 Å². The third kappa shape index (κ3) is 3.96. The molecule has 170 valence electrons. The van der Waals surface area contributed by atoms with Gasteiger partial charge in [-0.1, -0.05) is 18.2 Å². The van der Waals surface area contributed by atoms with Crippen molar-refractivity contribution < 1.29 is 17.9 Å². The van der Waals surface area contributed by atoms with Crippen LogP contribution in [0.1, 0.15) is 41.4 Å². The predicted molar refractivity (Wildman–Crippen MR) is 114 cm³/mol. The molecule has 1 unspecified atom stereocenters. The monoisotopic (exact) mass is 454 g/mol. The van der Waals surface area contributed by atoms with Crippen molar-refractivity contribution >= 4 is 0 Å². The molecule has 0 bridgehead atoms. The number of rotatable bonds is 4. The Balaban J connectivity index is 1.51. The number of imidazole rings is 1. The van der Waals surface area contributed by atoms with E-state index in [9.17, 15) is 13.2 Å². The second-order valence-electron chi connectivity index (χ2n) is 7.98. The molecule has 7 nitrogen and oxygen atoms in total. The van der Waals surface area contributed by atoms with Gasteiger partial charge in [0.15, 0.2) is 5.82 Å². The van der Waals surface area contributed by atoms with Gasteiger partial charge in [-0.2, -0.15) is 13.2 Å². The zero-order chi connectivity index (χ0) is 23.2. The quantitative estimate of drug-likeness (QED) is 0.444. The van der Waals surface area contributed by atoms with E-state index < -0.39 is 11.7 Å². The van der Waals surface area contributed by atoms with Gasteiger partial charge in [-0.05, 0) is 43.5 Å². The molecule has 0 spiro atoms. The maximum absolute atomic E-state index is 13.2. The van der Waals surface area contributed by atoms with Crippen LogP contribution in [0.3, 0.4) is 0 Å². The van der Waals surface area contributed by atoms with Crippen molar-refractivity contribution in [2.24, 2.45) is 0 Å². The van der Waals surface area contributed by atoms with E-state index in [2.05, 4.69) is 20.1 Å². The van der Waals surface area contributed by atoms with Gasteiger partial charge < -0.3 is 9.30 Å². The van der Waals surface area contributed by atoms with Crippen LogP contribution in [-0.2, 0) is 12.7 Å². The SMILES string of the molecule is COc1nc(-c2nc3n(n2)CCCC3c2cccc(C(F)(F)F)c2)ccc1-n1cnc(C)c1. The van der Waals surface area contributed by atoms with E-state index in [4.69, 9.17) is 4.74 Å². The number of aryl methyl sites for hydroxylation is 2. The largest absolute Gasteiger partial charge is 0.479 e. The van der Waals surface area contributed by atoms with E-state index >= 15 is 0 Å². The molecule has 0 saturated carbocycles. The van der Waals surface area contributed by atoms with Crippen LogP contribution in [0.4, 0.5) is 13.2 Å². The number of methoxy groups -OCH3 is 1. The predicted octanol–water partition coefficient (Wildman–Crippen LogP) is 4.79. The molecule has 0 fully saturated rings. The van der Waals surface area contributed by atoms with Gasteiger partial charge in [-0.25, -0.2) is 19.6 Å². The number of nitrogens with zero attached hydrogens (tertiary/aromatic N) is 6. The Morgan fingerprint density at radius 3 is 2.70 bits per heavy atom. The summed E-state index contributed by atoms with van der Waals surface area (Å²) in [4.78, 5) is 13.5. The highest BCUT2D eigenvalue weighted by molar-refractivity contribution is 5.55. The first-order chi connectivity index (χ1) is 15.8. The molecule has 0 saturated heterocycles. The van der Waals surface area contributed by atoms with Crippen molar-refractivity contribution in [3.8, 4) is 23.1 Å². The smallest absolute Gasteiger partial charge is 0.416 e. The van der Waals surface area contributed by atoms with Crippen LogP contribution in [0.5, 0.6) is 5.88 Å². The molecule has 4 heterocycles. The molecule has 0 aliphatic carbocycles. The minimum atomic E-state index is -4.39. The lowest BCUT2D eigenvalue weighted by molar-refractivity contribution is -0.137. The number of alkyl halides is 3. The minimum absolute atomic E-state index is 0.266. The zero-order valence-electron chi connectivity index (χ0n) is 18.0. The van der Waals surface area contributed by atoms with Gasteiger partial charge in [0.1, 0.15) is 17.2 Å². The Morgan fingerprint density at radius 1 is 1.12 bits per heavy atom. The number of hydrogen-bond donors (Lipinski definition) is 0. The van der Waals surface area contributed by atoms with Gasteiger partial charge in [-0.3, -0.25) is 0 Å². The van der Waals surface area contributed by atoms with E-state index in [0.29, 0.717) is 41.8 Å². The number of benzene rings is 1. The number of ether oxygens (including phenoxy) is 1. The van der Waals surface area contributed by atoms with Crippen molar-refractivity contribution in [1.82, 2.24) is 29.3 Å². The maximum atomic E-state index is 13.2. The van der Waals surface area contributed by atoms with Gasteiger partial charge in [-0.15, -0.1) is 5.10 Å². The molecule has 10 heteroatoms. The van der Waals surface area contributed by atoms with Crippen LogP contribution < -0.4 is 4.74 Å². The molecule has 0 N–H and O–H groups in total. The summed E-state index contributed by atoms with van der Waals surface area (Å²) >= 11 is 0. The number of hydrogen-bond acceptors (Lipinski definition) is 5. The highest BCUT2D eigenvalue weighted by Crippen LogP contribution is 2.37. The molecule has 4 aromatic rings. The highest BCUT2D eigenvalue weighted by atomic mass is 19.4. The Morgan fingerprint density at radius 2 is 1.97 bits per heavy atom. The number of fused-ring (bicyclic) bond motifs is 1. The molecular weight excluding hydrogens is 433 g/mol. The van der Waals surface area contributed by atoms with Crippen LogP contribution in [0.25, 0.3) is 17.2 Å². The van der Waals surface area contributed by atoms with Crippen molar-refractivity contribution in [3.05, 3.63) is 71.6 Å². The maximum Gasteiger partial charge on any atom is 0.416 e. The standard InChI is InChI=1S/C23H21F3N6O/c1-14-12-31(13-27-14)19-9-8-18(28-22(19)33-2)20-29-21-17(7-4-10-32(21)30-20)15-5-3-6-16(11-15)23(24,25)26/h3,5-6,8-9,11-13,17H,4,7,10H2,1-2H3. The molecule has 3 aromatic heterocycles. The van der Waals surface area contributed by atoms with E-state index in [0.717, 1.165) is 23.9 Å². The van der Waals surface area contributed by atoms with Crippen molar-refractivity contribution in [1.29, 1.82) is 0 Å². The fourth-order valence-corrected chi connectivity index (χ4v) is 4.16. The fraction of sp³-hybridized carbons (Fsp3) is 0.304. The summed E-state index contributed by atoms with van der Waals surface area (Å²) in [5.74, 6) is 1.19. The lowest BCUT2D eigenvalue weighted by Crippen LogP contribution is -2.18. The topological polar surface area (TPSA) is 70.7 Å². The van der Waals surface area contributed by atoms with Crippen LogP contribution in [-0.4, -0.2) is 36.4 Å². The first-order valence-corrected chi connectivity index (χ1v) is 10.5. The molecule has 1 aliphatic rings. The third-order valence-electron chi connectivity index (χ3n) is 5.74. The van der Waals surface area contributed by atoms with Crippen LogP contribution in [0, 0.1) is 6.92 Å². The number of aromatic nitrogens is 6. The molecule has 1 aromatic carbocycles. The van der Waals surface area contributed by atoms with Crippen molar-refractivity contribution in [2.45, 2.75) is 38.4 Å². The summed E-state index contributed by atoms with van der Waals surface area (Å²) in [5, 5.41) is 4.60. The van der Waals surface area contributed by atoms with E-state index in [1.165, 1.54) is 19.2 Å². The first-order valence-electron chi connectivity index (χ1n) is 10.5. The zero-order valence-corrected chi connectivity index (χ0v) is 18.0. The molecule has 0 radical (unpaired) electrons. The van der Waals surface area contributed by atoms with Gasteiger partial charge >= 0.3 is 6.18 Å². The summed E-state index contributed by atoms with van der Waals surface area (Å²) in [6.45, 7) is 2.55. The first kappa shape index (κ1) is 21.2. The number of halogens is 3. The summed E-state index contributed by atoms with van der Waals surface area (Å²) < 4.78 is 48.7. The van der Waals surface area contributed by atoms with Gasteiger partial charge in [0, 0.05) is 18.7 Å². The molecular formula is C23H21F3N6O. The Bertz CT molecular complexity index is 1310. The fourth-order valence-electron chi connectivity index (χ4n) is 4.16. The normalized spacial score (nSPS) is 16.0. The lowest BCUT2D eigenvalue weighted by atomic mass is 9.90. The molecule has 1 atom stereocenters.